The molecule has 2 nitrogen and oxygen atoms in total. The first-order valence-corrected chi connectivity index (χ1v) is 6.77. The highest BCUT2D eigenvalue weighted by atomic mass is 16.5. The minimum absolute atomic E-state index is 0.0714. The molecule has 0 spiro atoms. The smallest absolute Gasteiger partial charge is 0.309 e. The van der Waals surface area contributed by atoms with Gasteiger partial charge in [0, 0.05) is 0 Å². The van der Waals surface area contributed by atoms with Crippen molar-refractivity contribution in [1.82, 2.24) is 0 Å². The van der Waals surface area contributed by atoms with Crippen molar-refractivity contribution in [2.24, 2.45) is 5.92 Å². The largest absolute Gasteiger partial charge is 0.466 e. The fourth-order valence-electron chi connectivity index (χ4n) is 1.84. The van der Waals surface area contributed by atoms with Crippen LogP contribution in [0.3, 0.4) is 0 Å². The molecule has 0 amide bonds. The van der Waals surface area contributed by atoms with Crippen molar-refractivity contribution in [3.63, 3.8) is 0 Å². The molecule has 0 aromatic heterocycles. The van der Waals surface area contributed by atoms with Gasteiger partial charge in [-0.1, -0.05) is 48.6 Å². The highest BCUT2D eigenvalue weighted by molar-refractivity contribution is 5.72. The molecule has 0 aliphatic rings. The topological polar surface area (TPSA) is 26.3 Å². The number of ether oxygens (including phenoxy) is 1. The van der Waals surface area contributed by atoms with Gasteiger partial charge in [-0.05, 0) is 31.7 Å². The third kappa shape index (κ3) is 6.05. The quantitative estimate of drug-likeness (QED) is 0.515. The van der Waals surface area contributed by atoms with Crippen LogP contribution in [0.5, 0.6) is 0 Å². The molecule has 0 fully saturated rings. The Hall–Kier alpha value is -1.83. The lowest BCUT2D eigenvalue weighted by Gasteiger charge is -2.12. The van der Waals surface area contributed by atoms with Crippen LogP contribution in [0.25, 0.3) is 6.08 Å². The van der Waals surface area contributed by atoms with Crippen LogP contribution < -0.4 is 0 Å². The van der Waals surface area contributed by atoms with Crippen LogP contribution in [0.1, 0.15) is 31.7 Å². The summed E-state index contributed by atoms with van der Waals surface area (Å²) < 4.78 is 5.10. The first kappa shape index (κ1) is 15.2. The molecule has 2 heteroatoms. The molecule has 0 radical (unpaired) electrons. The van der Waals surface area contributed by atoms with E-state index in [0.717, 1.165) is 18.4 Å². The van der Waals surface area contributed by atoms with E-state index >= 15 is 0 Å². The van der Waals surface area contributed by atoms with Crippen molar-refractivity contribution >= 4 is 12.0 Å². The Kier molecular flexibility index (Phi) is 7.33. The lowest BCUT2D eigenvalue weighted by atomic mass is 9.99. The van der Waals surface area contributed by atoms with Crippen LogP contribution in [0.4, 0.5) is 0 Å². The Morgan fingerprint density at radius 3 is 2.74 bits per heavy atom. The molecule has 19 heavy (non-hydrogen) atoms. The zero-order valence-electron chi connectivity index (χ0n) is 11.5. The van der Waals surface area contributed by atoms with Crippen LogP contribution >= 0.6 is 0 Å². The number of esters is 1. The van der Waals surface area contributed by atoms with Gasteiger partial charge >= 0.3 is 5.97 Å². The van der Waals surface area contributed by atoms with Gasteiger partial charge < -0.3 is 4.74 Å². The molecular weight excluding hydrogens is 236 g/mol. The summed E-state index contributed by atoms with van der Waals surface area (Å²) >= 11 is 0. The van der Waals surface area contributed by atoms with Crippen LogP contribution in [-0.4, -0.2) is 12.6 Å². The highest BCUT2D eigenvalue weighted by Gasteiger charge is 2.17. The highest BCUT2D eigenvalue weighted by Crippen LogP contribution is 2.15. The minimum atomic E-state index is -0.109. The van der Waals surface area contributed by atoms with E-state index in [-0.39, 0.29) is 11.9 Å². The molecule has 102 valence electrons. The van der Waals surface area contributed by atoms with Crippen molar-refractivity contribution in [1.29, 1.82) is 0 Å². The Labute approximate surface area is 115 Å². The van der Waals surface area contributed by atoms with E-state index in [1.54, 1.807) is 0 Å². The maximum absolute atomic E-state index is 11.8. The molecule has 0 aliphatic carbocycles. The number of hydrogen-bond donors (Lipinski definition) is 0. The van der Waals surface area contributed by atoms with Gasteiger partial charge in [0.1, 0.15) is 0 Å². The zero-order chi connectivity index (χ0) is 13.9. The second kappa shape index (κ2) is 9.15. The summed E-state index contributed by atoms with van der Waals surface area (Å²) in [5.41, 5.74) is 1.15. The van der Waals surface area contributed by atoms with E-state index in [4.69, 9.17) is 4.74 Å². The lowest BCUT2D eigenvalue weighted by molar-refractivity contribution is -0.148. The lowest BCUT2D eigenvalue weighted by Crippen LogP contribution is -2.17. The maximum atomic E-state index is 11.8. The summed E-state index contributed by atoms with van der Waals surface area (Å²) in [4.78, 5) is 11.8. The number of benzene rings is 1. The van der Waals surface area contributed by atoms with E-state index in [1.807, 2.05) is 55.5 Å². The Balaban J connectivity index is 2.54. The molecule has 0 bridgehead atoms. The Morgan fingerprint density at radius 1 is 1.37 bits per heavy atom. The van der Waals surface area contributed by atoms with Crippen molar-refractivity contribution in [2.45, 2.75) is 26.2 Å². The zero-order valence-corrected chi connectivity index (χ0v) is 11.5. The van der Waals surface area contributed by atoms with E-state index in [1.165, 1.54) is 0 Å². The van der Waals surface area contributed by atoms with E-state index in [2.05, 4.69) is 6.58 Å². The number of allylic oxidation sites excluding steroid dienone is 2. The second-order valence-electron chi connectivity index (χ2n) is 4.36. The molecular formula is C17H22O2. The van der Waals surface area contributed by atoms with Gasteiger partial charge in [-0.2, -0.15) is 0 Å². The van der Waals surface area contributed by atoms with Crippen LogP contribution in [0.2, 0.25) is 0 Å². The molecule has 0 N–H and O–H groups in total. The first-order valence-electron chi connectivity index (χ1n) is 6.77. The molecule has 1 aromatic rings. The van der Waals surface area contributed by atoms with E-state index < -0.39 is 0 Å². The van der Waals surface area contributed by atoms with E-state index in [0.29, 0.717) is 13.0 Å². The van der Waals surface area contributed by atoms with Gasteiger partial charge in [0.15, 0.2) is 0 Å². The molecule has 1 rings (SSSR count). The molecule has 1 atom stereocenters. The predicted molar refractivity (Wildman–Crippen MR) is 79.6 cm³/mol. The SMILES string of the molecule is C=CCCC(C/C=C/c1ccccc1)C(=O)OCC. The van der Waals surface area contributed by atoms with Crippen LogP contribution in [0, 0.1) is 5.92 Å². The van der Waals surface area contributed by atoms with Gasteiger partial charge in [-0.3, -0.25) is 4.79 Å². The van der Waals surface area contributed by atoms with Gasteiger partial charge in [0.2, 0.25) is 0 Å². The number of hydrogen-bond acceptors (Lipinski definition) is 2. The van der Waals surface area contributed by atoms with Gasteiger partial charge in [-0.25, -0.2) is 0 Å². The summed E-state index contributed by atoms with van der Waals surface area (Å²) in [6.45, 7) is 5.97. The van der Waals surface area contributed by atoms with Gasteiger partial charge in [0.25, 0.3) is 0 Å². The molecule has 0 aliphatic heterocycles. The molecule has 1 aromatic carbocycles. The summed E-state index contributed by atoms with van der Waals surface area (Å²) in [5, 5.41) is 0. The standard InChI is InChI=1S/C17H22O2/c1-3-5-13-16(17(18)19-4-2)14-9-12-15-10-7-6-8-11-15/h3,6-12,16H,1,4-5,13-14H2,2H3/b12-9+. The van der Waals surface area contributed by atoms with Crippen molar-refractivity contribution < 1.29 is 9.53 Å². The third-order valence-electron chi connectivity index (χ3n) is 2.87. The van der Waals surface area contributed by atoms with Gasteiger partial charge in [-0.15, -0.1) is 6.58 Å². The summed E-state index contributed by atoms with van der Waals surface area (Å²) in [5.74, 6) is -0.181. The summed E-state index contributed by atoms with van der Waals surface area (Å²) in [6, 6.07) is 10.1. The van der Waals surface area contributed by atoms with Crippen LogP contribution in [0.15, 0.2) is 49.1 Å². The number of carbonyl (C=O) groups is 1. The average Bonchev–Trinajstić information content (AvgIpc) is 2.44. The minimum Gasteiger partial charge on any atom is -0.466 e. The molecule has 0 heterocycles. The molecule has 0 saturated heterocycles. The summed E-state index contributed by atoms with van der Waals surface area (Å²) in [6.07, 6.45) is 8.26. The molecule has 0 saturated carbocycles. The maximum Gasteiger partial charge on any atom is 0.309 e. The Morgan fingerprint density at radius 2 is 2.11 bits per heavy atom. The fraction of sp³-hybridized carbons (Fsp3) is 0.353. The Bertz CT molecular complexity index is 407. The number of carbonyl (C=O) groups excluding carboxylic acids is 1. The van der Waals surface area contributed by atoms with Crippen LogP contribution in [-0.2, 0) is 9.53 Å². The second-order valence-corrected chi connectivity index (χ2v) is 4.36. The van der Waals surface area contributed by atoms with Gasteiger partial charge in [0.05, 0.1) is 12.5 Å². The monoisotopic (exact) mass is 258 g/mol. The predicted octanol–water partition coefficient (Wildman–Crippen LogP) is 4.24. The van der Waals surface area contributed by atoms with Crippen molar-refractivity contribution in [3.8, 4) is 0 Å². The van der Waals surface area contributed by atoms with Crippen molar-refractivity contribution in [2.75, 3.05) is 6.61 Å². The molecule has 1 unspecified atom stereocenters. The first-order chi connectivity index (χ1) is 9.27. The summed E-state index contributed by atoms with van der Waals surface area (Å²) in [7, 11) is 0. The fourth-order valence-corrected chi connectivity index (χ4v) is 1.84. The third-order valence-corrected chi connectivity index (χ3v) is 2.87. The normalized spacial score (nSPS) is 12.3. The van der Waals surface area contributed by atoms with Crippen molar-refractivity contribution in [3.05, 3.63) is 54.6 Å². The number of rotatable bonds is 8. The van der Waals surface area contributed by atoms with E-state index in [9.17, 15) is 4.79 Å². The average molecular weight is 258 g/mol.